The molecule has 112 valence electrons. The summed E-state index contributed by atoms with van der Waals surface area (Å²) in [6.45, 7) is 8.63. The molecule has 1 atom stereocenters. The van der Waals surface area contributed by atoms with Gasteiger partial charge >= 0.3 is 6.09 Å². The number of hydrogen-bond donors (Lipinski definition) is 1. The zero-order valence-corrected chi connectivity index (χ0v) is 13.3. The van der Waals surface area contributed by atoms with E-state index >= 15 is 0 Å². The van der Waals surface area contributed by atoms with Crippen molar-refractivity contribution in [1.82, 2.24) is 15.1 Å². The molecule has 0 bridgehead atoms. The van der Waals surface area contributed by atoms with Crippen molar-refractivity contribution in [3.8, 4) is 0 Å². The van der Waals surface area contributed by atoms with Crippen LogP contribution in [0, 0.1) is 0 Å². The summed E-state index contributed by atoms with van der Waals surface area (Å²) in [6, 6.07) is 0. The normalized spacial score (nSPS) is 23.1. The van der Waals surface area contributed by atoms with Crippen molar-refractivity contribution in [1.29, 1.82) is 0 Å². The van der Waals surface area contributed by atoms with Gasteiger partial charge in [0.05, 0.1) is 5.54 Å². The lowest BCUT2D eigenvalue weighted by molar-refractivity contribution is 0.0284. The summed E-state index contributed by atoms with van der Waals surface area (Å²) in [5, 5.41) is 10.1. The van der Waals surface area contributed by atoms with E-state index in [1.807, 2.05) is 27.7 Å². The van der Waals surface area contributed by atoms with Crippen molar-refractivity contribution in [2.45, 2.75) is 51.7 Å². The second-order valence-corrected chi connectivity index (χ2v) is 7.22. The van der Waals surface area contributed by atoms with Gasteiger partial charge in [0.15, 0.2) is 0 Å². The van der Waals surface area contributed by atoms with Gasteiger partial charge in [0.25, 0.3) is 0 Å². The average molecular weight is 298 g/mol. The van der Waals surface area contributed by atoms with E-state index in [-0.39, 0.29) is 6.09 Å². The molecule has 1 fully saturated rings. The number of likely N-dealkylation sites (tertiary alicyclic amines) is 1. The maximum atomic E-state index is 12.1. The highest BCUT2D eigenvalue weighted by Gasteiger charge is 2.42. The van der Waals surface area contributed by atoms with Crippen LogP contribution in [0.5, 0.6) is 0 Å². The van der Waals surface area contributed by atoms with Crippen molar-refractivity contribution >= 4 is 17.4 Å². The van der Waals surface area contributed by atoms with Crippen molar-refractivity contribution < 1.29 is 9.53 Å². The van der Waals surface area contributed by atoms with Crippen molar-refractivity contribution in [2.24, 2.45) is 5.73 Å². The van der Waals surface area contributed by atoms with E-state index in [0.717, 1.165) is 16.4 Å². The zero-order valence-electron chi connectivity index (χ0n) is 12.5. The fourth-order valence-electron chi connectivity index (χ4n) is 2.09. The molecular weight excluding hydrogens is 276 g/mol. The summed E-state index contributed by atoms with van der Waals surface area (Å²) < 4.78 is 5.38. The third kappa shape index (κ3) is 3.27. The molecule has 2 rings (SSSR count). The molecule has 0 spiro atoms. The third-order valence-electron chi connectivity index (χ3n) is 3.15. The molecule has 0 radical (unpaired) electrons. The van der Waals surface area contributed by atoms with Gasteiger partial charge in [-0.2, -0.15) is 0 Å². The van der Waals surface area contributed by atoms with E-state index in [4.69, 9.17) is 10.5 Å². The van der Waals surface area contributed by atoms with Gasteiger partial charge in [0.2, 0.25) is 0 Å². The fraction of sp³-hybridized carbons (Fsp3) is 0.769. The molecule has 1 saturated heterocycles. The highest BCUT2D eigenvalue weighted by molar-refractivity contribution is 7.11. The number of nitrogens with zero attached hydrogens (tertiary/aromatic N) is 3. The second-order valence-electron chi connectivity index (χ2n) is 6.16. The van der Waals surface area contributed by atoms with Crippen LogP contribution in [0.3, 0.4) is 0 Å². The number of ether oxygens (including phenoxy) is 1. The fourth-order valence-corrected chi connectivity index (χ4v) is 2.99. The Morgan fingerprint density at radius 3 is 2.75 bits per heavy atom. The summed E-state index contributed by atoms with van der Waals surface area (Å²) in [6.07, 6.45) is 1.22. The Balaban J connectivity index is 2.05. The Labute approximate surface area is 123 Å². The van der Waals surface area contributed by atoms with E-state index in [1.165, 1.54) is 11.3 Å². The molecule has 20 heavy (non-hydrogen) atoms. The molecule has 7 heteroatoms. The number of aromatic nitrogens is 2. The van der Waals surface area contributed by atoms with Gasteiger partial charge in [-0.05, 0) is 33.6 Å². The van der Waals surface area contributed by atoms with Crippen LogP contribution < -0.4 is 5.73 Å². The number of nitrogens with two attached hydrogens (primary N) is 1. The molecule has 2 heterocycles. The minimum absolute atomic E-state index is 0.315. The van der Waals surface area contributed by atoms with Crippen LogP contribution in [0.15, 0.2) is 0 Å². The molecule has 1 aromatic rings. The molecule has 1 aromatic heterocycles. The molecule has 0 aromatic carbocycles. The molecule has 6 nitrogen and oxygen atoms in total. The van der Waals surface area contributed by atoms with E-state index in [0.29, 0.717) is 19.5 Å². The maximum Gasteiger partial charge on any atom is 0.410 e. The molecule has 1 unspecified atom stereocenters. The molecule has 0 saturated carbocycles. The van der Waals surface area contributed by atoms with Gasteiger partial charge in [0, 0.05) is 13.1 Å². The summed E-state index contributed by atoms with van der Waals surface area (Å²) in [4.78, 5) is 13.7. The second kappa shape index (κ2) is 5.29. The summed E-state index contributed by atoms with van der Waals surface area (Å²) >= 11 is 1.53. The Hall–Kier alpha value is -1.21. The van der Waals surface area contributed by atoms with Crippen LogP contribution >= 0.6 is 11.3 Å². The van der Waals surface area contributed by atoms with Gasteiger partial charge in [-0.3, -0.25) is 0 Å². The van der Waals surface area contributed by atoms with Gasteiger partial charge in [0.1, 0.15) is 15.6 Å². The predicted molar refractivity (Wildman–Crippen MR) is 77.6 cm³/mol. The SMILES string of the molecule is CCc1nnc(C2(N)CCN(C(=O)OC(C)(C)C)C2)s1. The third-order valence-corrected chi connectivity index (χ3v) is 4.44. The Morgan fingerprint density at radius 2 is 2.20 bits per heavy atom. The van der Waals surface area contributed by atoms with Gasteiger partial charge in [-0.25, -0.2) is 4.79 Å². The van der Waals surface area contributed by atoms with Crippen LogP contribution in [0.4, 0.5) is 4.79 Å². The van der Waals surface area contributed by atoms with Crippen molar-refractivity contribution in [2.75, 3.05) is 13.1 Å². The average Bonchev–Trinajstić information content (AvgIpc) is 2.93. The topological polar surface area (TPSA) is 81.3 Å². The van der Waals surface area contributed by atoms with Crippen molar-refractivity contribution in [3.63, 3.8) is 0 Å². The van der Waals surface area contributed by atoms with Crippen molar-refractivity contribution in [3.05, 3.63) is 10.0 Å². The number of hydrogen-bond acceptors (Lipinski definition) is 6. The maximum absolute atomic E-state index is 12.1. The highest BCUT2D eigenvalue weighted by Crippen LogP contribution is 2.32. The summed E-state index contributed by atoms with van der Waals surface area (Å²) in [7, 11) is 0. The minimum atomic E-state index is -0.595. The standard InChI is InChI=1S/C13H22N4O2S/c1-5-9-15-16-10(20-9)13(14)6-7-17(8-13)11(18)19-12(2,3)4/h5-8,14H2,1-4H3. The first-order chi connectivity index (χ1) is 9.23. The van der Waals surface area contributed by atoms with Crippen LogP contribution in [-0.2, 0) is 16.7 Å². The first kappa shape index (κ1) is 15.2. The first-order valence-corrected chi connectivity index (χ1v) is 7.65. The van der Waals surface area contributed by atoms with Gasteiger partial charge in [-0.1, -0.05) is 18.3 Å². The van der Waals surface area contributed by atoms with E-state index in [2.05, 4.69) is 10.2 Å². The predicted octanol–water partition coefficient (Wildman–Crippen LogP) is 1.90. The lowest BCUT2D eigenvalue weighted by atomic mass is 10.0. The minimum Gasteiger partial charge on any atom is -0.444 e. The lowest BCUT2D eigenvalue weighted by Gasteiger charge is -2.25. The smallest absolute Gasteiger partial charge is 0.410 e. The molecule has 1 amide bonds. The lowest BCUT2D eigenvalue weighted by Crippen LogP contribution is -2.42. The van der Waals surface area contributed by atoms with Crippen LogP contribution in [-0.4, -0.2) is 39.9 Å². The van der Waals surface area contributed by atoms with Gasteiger partial charge in [-0.15, -0.1) is 10.2 Å². The van der Waals surface area contributed by atoms with E-state index in [9.17, 15) is 4.79 Å². The number of rotatable bonds is 2. The van der Waals surface area contributed by atoms with E-state index in [1.54, 1.807) is 4.90 Å². The molecule has 0 aliphatic carbocycles. The van der Waals surface area contributed by atoms with E-state index < -0.39 is 11.1 Å². The van der Waals surface area contributed by atoms with Crippen LogP contribution in [0.25, 0.3) is 0 Å². The Kier molecular flexibility index (Phi) is 4.02. The number of aryl methyl sites for hydroxylation is 1. The molecule has 2 N–H and O–H groups in total. The largest absolute Gasteiger partial charge is 0.444 e. The quantitative estimate of drug-likeness (QED) is 0.901. The Bertz CT molecular complexity index is 497. The number of amides is 1. The highest BCUT2D eigenvalue weighted by atomic mass is 32.1. The number of carbonyl (C=O) groups is 1. The van der Waals surface area contributed by atoms with Gasteiger partial charge < -0.3 is 15.4 Å². The molecular formula is C13H22N4O2S. The Morgan fingerprint density at radius 1 is 1.50 bits per heavy atom. The monoisotopic (exact) mass is 298 g/mol. The molecule has 1 aliphatic rings. The van der Waals surface area contributed by atoms with Crippen LogP contribution in [0.2, 0.25) is 0 Å². The summed E-state index contributed by atoms with van der Waals surface area (Å²) in [5.74, 6) is 0. The molecule has 1 aliphatic heterocycles. The first-order valence-electron chi connectivity index (χ1n) is 6.83. The zero-order chi connectivity index (χ0) is 15.0. The van der Waals surface area contributed by atoms with Crippen LogP contribution in [0.1, 0.15) is 44.1 Å². The number of carbonyl (C=O) groups excluding carboxylic acids is 1. The summed E-state index contributed by atoms with van der Waals surface area (Å²) in [5.41, 5.74) is 5.31.